The van der Waals surface area contributed by atoms with Crippen LogP contribution in [0.3, 0.4) is 0 Å². The number of halogens is 1. The van der Waals surface area contributed by atoms with Crippen LogP contribution in [0.15, 0.2) is 42.6 Å². The Morgan fingerprint density at radius 3 is 2.70 bits per heavy atom. The number of nitrogens with zero attached hydrogens (tertiary/aromatic N) is 1. The molecule has 1 saturated heterocycles. The third-order valence-corrected chi connectivity index (χ3v) is 5.72. The second-order valence-corrected chi connectivity index (χ2v) is 8.34. The zero-order chi connectivity index (χ0) is 23.7. The molecule has 0 saturated carbocycles. The maximum Gasteiger partial charge on any atom is 0.253 e. The van der Waals surface area contributed by atoms with Crippen molar-refractivity contribution in [1.82, 2.24) is 10.3 Å². The zero-order valence-corrected chi connectivity index (χ0v) is 19.0. The van der Waals surface area contributed by atoms with Gasteiger partial charge in [-0.25, -0.2) is 4.98 Å². The summed E-state index contributed by atoms with van der Waals surface area (Å²) in [6, 6.07) is 9.66. The Bertz CT molecular complexity index is 935. The lowest BCUT2D eigenvalue weighted by atomic mass is 9.94. The number of carbonyl (C=O) groups excluding carboxylic acids is 2. The molecule has 1 aliphatic rings. The second-order valence-electron chi connectivity index (χ2n) is 7.90. The third-order valence-electron chi connectivity index (χ3n) is 5.48. The van der Waals surface area contributed by atoms with E-state index in [2.05, 4.69) is 15.6 Å². The summed E-state index contributed by atoms with van der Waals surface area (Å²) in [5.74, 6) is -0.329. The topological polar surface area (TPSA) is 136 Å². The first kappa shape index (κ1) is 24.9. The Morgan fingerprint density at radius 1 is 1.27 bits per heavy atom. The number of anilines is 1. The van der Waals surface area contributed by atoms with Crippen molar-refractivity contribution in [3.8, 4) is 0 Å². The molecule has 2 amide bonds. The summed E-state index contributed by atoms with van der Waals surface area (Å²) in [4.78, 5) is 28.6. The second kappa shape index (κ2) is 11.9. The average Bonchev–Trinajstić information content (AvgIpc) is 2.82. The van der Waals surface area contributed by atoms with Crippen LogP contribution in [-0.4, -0.2) is 60.5 Å². The van der Waals surface area contributed by atoms with Gasteiger partial charge in [-0.3, -0.25) is 9.59 Å². The van der Waals surface area contributed by atoms with E-state index in [4.69, 9.17) is 31.9 Å². The molecule has 0 aliphatic carbocycles. The SMILES string of the molecule is NC(=O)C[C@@H](NC(=O)c1ccc(NCC2(OCCO)CCOCC2)nc1)c1cccc(Cl)c1. The Balaban J connectivity index is 1.63. The van der Waals surface area contributed by atoms with Gasteiger partial charge in [0.05, 0.1) is 36.8 Å². The summed E-state index contributed by atoms with van der Waals surface area (Å²) in [6.07, 6.45) is 2.83. The molecule has 1 aliphatic heterocycles. The smallest absolute Gasteiger partial charge is 0.253 e. The van der Waals surface area contributed by atoms with Crippen LogP contribution in [-0.2, 0) is 14.3 Å². The lowest BCUT2D eigenvalue weighted by Gasteiger charge is -2.37. The number of hydrogen-bond donors (Lipinski definition) is 4. The fourth-order valence-corrected chi connectivity index (χ4v) is 3.88. The molecule has 0 radical (unpaired) electrons. The van der Waals surface area contributed by atoms with Crippen molar-refractivity contribution >= 4 is 29.2 Å². The molecule has 5 N–H and O–H groups in total. The van der Waals surface area contributed by atoms with E-state index >= 15 is 0 Å². The van der Waals surface area contributed by atoms with Crippen molar-refractivity contribution in [3.05, 3.63) is 58.7 Å². The van der Waals surface area contributed by atoms with Crippen LogP contribution >= 0.6 is 11.6 Å². The highest BCUT2D eigenvalue weighted by Gasteiger charge is 2.33. The van der Waals surface area contributed by atoms with Gasteiger partial charge < -0.3 is 30.9 Å². The van der Waals surface area contributed by atoms with Gasteiger partial charge in [0.2, 0.25) is 5.91 Å². The van der Waals surface area contributed by atoms with E-state index in [9.17, 15) is 9.59 Å². The highest BCUT2D eigenvalue weighted by Crippen LogP contribution is 2.26. The predicted octanol–water partition coefficient (Wildman–Crippen LogP) is 2.05. The van der Waals surface area contributed by atoms with E-state index in [-0.39, 0.29) is 25.5 Å². The molecule has 3 rings (SSSR count). The molecule has 0 spiro atoms. The molecule has 1 atom stereocenters. The first-order chi connectivity index (χ1) is 15.9. The quantitative estimate of drug-likeness (QED) is 0.389. The lowest BCUT2D eigenvalue weighted by Crippen LogP contribution is -2.45. The first-order valence-electron chi connectivity index (χ1n) is 10.8. The number of hydrogen-bond acceptors (Lipinski definition) is 7. The molecule has 9 nitrogen and oxygen atoms in total. The molecular weight excluding hydrogens is 448 g/mol. The maximum absolute atomic E-state index is 12.8. The molecule has 1 fully saturated rings. The normalized spacial score (nSPS) is 16.1. The number of amides is 2. The number of benzene rings is 1. The molecule has 178 valence electrons. The van der Waals surface area contributed by atoms with Gasteiger partial charge in [-0.1, -0.05) is 23.7 Å². The van der Waals surface area contributed by atoms with Crippen molar-refractivity contribution < 1.29 is 24.2 Å². The van der Waals surface area contributed by atoms with Crippen molar-refractivity contribution in [2.24, 2.45) is 5.73 Å². The van der Waals surface area contributed by atoms with Crippen LogP contribution < -0.4 is 16.4 Å². The number of nitrogens with one attached hydrogen (secondary N) is 2. The Hall–Kier alpha value is -2.72. The van der Waals surface area contributed by atoms with Crippen LogP contribution in [0.1, 0.15) is 41.2 Å². The molecule has 2 heterocycles. The van der Waals surface area contributed by atoms with Gasteiger partial charge in [0, 0.05) is 43.8 Å². The highest BCUT2D eigenvalue weighted by atomic mass is 35.5. The number of carbonyl (C=O) groups is 2. The number of ether oxygens (including phenoxy) is 2. The molecule has 2 aromatic rings. The number of nitrogens with two attached hydrogens (primary N) is 1. The molecule has 1 aromatic carbocycles. The summed E-state index contributed by atoms with van der Waals surface area (Å²) in [5, 5.41) is 15.7. The zero-order valence-electron chi connectivity index (χ0n) is 18.3. The fourth-order valence-electron chi connectivity index (χ4n) is 3.68. The number of aliphatic hydroxyl groups is 1. The van der Waals surface area contributed by atoms with E-state index in [1.54, 1.807) is 36.4 Å². The predicted molar refractivity (Wildman–Crippen MR) is 124 cm³/mol. The average molecular weight is 477 g/mol. The minimum absolute atomic E-state index is 0.0450. The van der Waals surface area contributed by atoms with E-state index < -0.39 is 17.6 Å². The van der Waals surface area contributed by atoms with Crippen LogP contribution in [0.25, 0.3) is 0 Å². The van der Waals surface area contributed by atoms with Crippen LogP contribution in [0.4, 0.5) is 5.82 Å². The van der Waals surface area contributed by atoms with E-state index in [1.807, 2.05) is 0 Å². The van der Waals surface area contributed by atoms with Crippen molar-refractivity contribution in [2.45, 2.75) is 30.9 Å². The Kier molecular flexibility index (Phi) is 9.02. The summed E-state index contributed by atoms with van der Waals surface area (Å²) in [5.41, 5.74) is 5.96. The van der Waals surface area contributed by atoms with E-state index in [1.165, 1.54) is 6.20 Å². The monoisotopic (exact) mass is 476 g/mol. The number of pyridine rings is 1. The Morgan fingerprint density at radius 2 is 2.06 bits per heavy atom. The molecule has 0 bridgehead atoms. The van der Waals surface area contributed by atoms with Gasteiger partial charge in [-0.15, -0.1) is 0 Å². The molecular formula is C23H29ClN4O5. The van der Waals surface area contributed by atoms with Gasteiger partial charge >= 0.3 is 0 Å². The minimum Gasteiger partial charge on any atom is -0.394 e. The molecule has 10 heteroatoms. The van der Waals surface area contributed by atoms with Gasteiger partial charge in [0.25, 0.3) is 5.91 Å². The molecule has 33 heavy (non-hydrogen) atoms. The number of rotatable bonds is 11. The van der Waals surface area contributed by atoms with E-state index in [0.29, 0.717) is 54.6 Å². The molecule has 0 unspecified atom stereocenters. The van der Waals surface area contributed by atoms with Crippen LogP contribution in [0.5, 0.6) is 0 Å². The Labute approximate surface area is 197 Å². The van der Waals surface area contributed by atoms with E-state index in [0.717, 1.165) is 0 Å². The summed E-state index contributed by atoms with van der Waals surface area (Å²) in [6.45, 7) is 1.91. The third kappa shape index (κ3) is 7.40. The number of aliphatic hydroxyl groups excluding tert-OH is 1. The van der Waals surface area contributed by atoms with Gasteiger partial charge in [-0.05, 0) is 29.8 Å². The summed E-state index contributed by atoms with van der Waals surface area (Å²) in [7, 11) is 0. The van der Waals surface area contributed by atoms with Gasteiger partial charge in [-0.2, -0.15) is 0 Å². The van der Waals surface area contributed by atoms with Crippen LogP contribution in [0.2, 0.25) is 5.02 Å². The van der Waals surface area contributed by atoms with Crippen LogP contribution in [0, 0.1) is 0 Å². The maximum atomic E-state index is 12.8. The lowest BCUT2D eigenvalue weighted by molar-refractivity contribution is -0.118. The van der Waals surface area contributed by atoms with Gasteiger partial charge in [0.15, 0.2) is 0 Å². The standard InChI is InChI=1S/C23H29ClN4O5/c24-18-3-1-2-16(12-18)19(13-20(25)30)28-22(31)17-4-5-21(26-14-17)27-15-23(33-11-8-29)6-9-32-10-7-23/h1-5,12,14,19,29H,6-11,13,15H2,(H2,25,30)(H,26,27)(H,28,31)/t19-/m1/s1. The number of primary amides is 1. The first-order valence-corrected chi connectivity index (χ1v) is 11.2. The summed E-state index contributed by atoms with van der Waals surface area (Å²) < 4.78 is 11.3. The minimum atomic E-state index is -0.608. The van der Waals surface area contributed by atoms with Crippen molar-refractivity contribution in [2.75, 3.05) is 38.3 Å². The summed E-state index contributed by atoms with van der Waals surface area (Å²) >= 11 is 6.05. The van der Waals surface area contributed by atoms with Crippen molar-refractivity contribution in [1.29, 1.82) is 0 Å². The fraction of sp³-hybridized carbons (Fsp3) is 0.435. The highest BCUT2D eigenvalue weighted by molar-refractivity contribution is 6.30. The molecule has 1 aromatic heterocycles. The largest absolute Gasteiger partial charge is 0.394 e. The number of aromatic nitrogens is 1. The van der Waals surface area contributed by atoms with Gasteiger partial charge in [0.1, 0.15) is 5.82 Å². The van der Waals surface area contributed by atoms with Crippen molar-refractivity contribution in [3.63, 3.8) is 0 Å².